The van der Waals surface area contributed by atoms with Gasteiger partial charge in [-0.25, -0.2) is 9.97 Å². The quantitative estimate of drug-likeness (QED) is 0.820. The average molecular weight is 360 g/mol. The fourth-order valence-corrected chi connectivity index (χ4v) is 3.24. The molecule has 0 unspecified atom stereocenters. The van der Waals surface area contributed by atoms with Gasteiger partial charge in [0.25, 0.3) is 0 Å². The van der Waals surface area contributed by atoms with Crippen molar-refractivity contribution >= 4 is 28.4 Å². The first kappa shape index (κ1) is 14.0. The van der Waals surface area contributed by atoms with Crippen molar-refractivity contribution in [3.05, 3.63) is 16.1 Å². The summed E-state index contributed by atoms with van der Waals surface area (Å²) in [5, 5.41) is 0. The average Bonchev–Trinajstić information content (AvgIpc) is 2.42. The number of hydrogen-bond acceptors (Lipinski definition) is 4. The smallest absolute Gasteiger partial charge is 0.145 e. The summed E-state index contributed by atoms with van der Waals surface area (Å²) in [7, 11) is 0. The van der Waals surface area contributed by atoms with Crippen LogP contribution in [0.1, 0.15) is 38.5 Å². The molecule has 1 fully saturated rings. The van der Waals surface area contributed by atoms with Crippen molar-refractivity contribution in [1.82, 2.24) is 9.97 Å². The Balaban J connectivity index is 2.15. The van der Waals surface area contributed by atoms with Crippen LogP contribution in [0.25, 0.3) is 0 Å². The Morgan fingerprint density at radius 3 is 2.78 bits per heavy atom. The van der Waals surface area contributed by atoms with Crippen LogP contribution in [0.4, 0.5) is 5.82 Å². The van der Waals surface area contributed by atoms with Crippen molar-refractivity contribution < 1.29 is 0 Å². The molecule has 1 aromatic heterocycles. The molecule has 0 aromatic carbocycles. The molecule has 18 heavy (non-hydrogen) atoms. The summed E-state index contributed by atoms with van der Waals surface area (Å²) in [6.45, 7) is 1.75. The van der Waals surface area contributed by atoms with Gasteiger partial charge in [0.2, 0.25) is 0 Å². The third kappa shape index (κ3) is 3.54. The molecule has 0 amide bonds. The van der Waals surface area contributed by atoms with Crippen LogP contribution in [0.2, 0.25) is 0 Å². The van der Waals surface area contributed by atoms with Crippen LogP contribution in [0.3, 0.4) is 0 Å². The van der Waals surface area contributed by atoms with Gasteiger partial charge in [-0.1, -0.05) is 19.3 Å². The van der Waals surface area contributed by atoms with E-state index in [1.807, 2.05) is 6.20 Å². The van der Waals surface area contributed by atoms with Gasteiger partial charge in [0, 0.05) is 18.8 Å². The van der Waals surface area contributed by atoms with Crippen LogP contribution in [-0.4, -0.2) is 29.1 Å². The third-order valence-corrected chi connectivity index (χ3v) is 4.30. The topological polar surface area (TPSA) is 55.0 Å². The maximum absolute atomic E-state index is 5.66. The molecular formula is C13H21IN4. The second-order valence-corrected chi connectivity index (χ2v) is 5.98. The first-order valence-electron chi connectivity index (χ1n) is 6.75. The van der Waals surface area contributed by atoms with Crippen LogP contribution in [0.5, 0.6) is 0 Å². The Morgan fingerprint density at radius 1 is 1.33 bits per heavy atom. The molecule has 100 valence electrons. The zero-order chi connectivity index (χ0) is 12.8. The van der Waals surface area contributed by atoms with Gasteiger partial charge >= 0.3 is 0 Å². The molecule has 1 saturated carbocycles. The van der Waals surface area contributed by atoms with Gasteiger partial charge in [-0.05, 0) is 48.4 Å². The van der Waals surface area contributed by atoms with Crippen LogP contribution in [0.15, 0.2) is 12.5 Å². The van der Waals surface area contributed by atoms with E-state index in [9.17, 15) is 0 Å². The Labute approximate surface area is 123 Å². The molecule has 0 bridgehead atoms. The van der Waals surface area contributed by atoms with Gasteiger partial charge in [-0.3, -0.25) is 0 Å². The van der Waals surface area contributed by atoms with Crippen molar-refractivity contribution in [3.63, 3.8) is 0 Å². The van der Waals surface area contributed by atoms with Crippen molar-refractivity contribution in [2.24, 2.45) is 5.73 Å². The van der Waals surface area contributed by atoms with Crippen molar-refractivity contribution in [3.8, 4) is 0 Å². The number of hydrogen-bond donors (Lipinski definition) is 1. The second kappa shape index (κ2) is 7.23. The predicted molar refractivity (Wildman–Crippen MR) is 82.6 cm³/mol. The zero-order valence-corrected chi connectivity index (χ0v) is 12.8. The van der Waals surface area contributed by atoms with E-state index in [1.165, 1.54) is 32.1 Å². The van der Waals surface area contributed by atoms with Crippen LogP contribution in [0, 0.1) is 3.57 Å². The lowest BCUT2D eigenvalue weighted by Crippen LogP contribution is -2.39. The molecule has 0 spiro atoms. The second-order valence-electron chi connectivity index (χ2n) is 4.82. The van der Waals surface area contributed by atoms with E-state index < -0.39 is 0 Å². The minimum atomic E-state index is 0.633. The Morgan fingerprint density at radius 2 is 2.11 bits per heavy atom. The molecule has 0 saturated heterocycles. The van der Waals surface area contributed by atoms with Gasteiger partial charge in [0.1, 0.15) is 12.1 Å². The molecule has 0 atom stereocenters. The highest BCUT2D eigenvalue weighted by atomic mass is 127. The lowest BCUT2D eigenvalue weighted by atomic mass is 9.94. The standard InChI is InChI=1S/C13H21IN4/c14-12-9-16-10-17-13(12)18(8-4-7-15)11-5-2-1-3-6-11/h9-11H,1-8,15H2. The molecule has 5 heteroatoms. The molecule has 2 N–H and O–H groups in total. The van der Waals surface area contributed by atoms with E-state index in [2.05, 4.69) is 37.5 Å². The highest BCUT2D eigenvalue weighted by Crippen LogP contribution is 2.28. The normalized spacial score (nSPS) is 16.8. The summed E-state index contributed by atoms with van der Waals surface area (Å²) < 4.78 is 1.14. The summed E-state index contributed by atoms with van der Waals surface area (Å²) in [6.07, 6.45) is 11.2. The number of aromatic nitrogens is 2. The zero-order valence-electron chi connectivity index (χ0n) is 10.7. The largest absolute Gasteiger partial charge is 0.353 e. The fourth-order valence-electron chi connectivity index (χ4n) is 2.63. The molecule has 2 rings (SSSR count). The summed E-state index contributed by atoms with van der Waals surface area (Å²) >= 11 is 2.33. The number of halogens is 1. The monoisotopic (exact) mass is 360 g/mol. The fraction of sp³-hybridized carbons (Fsp3) is 0.692. The summed E-state index contributed by atoms with van der Waals surface area (Å²) in [4.78, 5) is 11.0. The summed E-state index contributed by atoms with van der Waals surface area (Å²) in [6, 6.07) is 0.633. The van der Waals surface area contributed by atoms with Crippen LogP contribution in [-0.2, 0) is 0 Å². The third-order valence-electron chi connectivity index (χ3n) is 3.54. The van der Waals surface area contributed by atoms with E-state index in [4.69, 9.17) is 5.73 Å². The van der Waals surface area contributed by atoms with E-state index in [1.54, 1.807) is 6.33 Å². The number of nitrogens with zero attached hydrogens (tertiary/aromatic N) is 3. The van der Waals surface area contributed by atoms with Crippen molar-refractivity contribution in [2.75, 3.05) is 18.0 Å². The predicted octanol–water partition coefficient (Wildman–Crippen LogP) is 2.57. The van der Waals surface area contributed by atoms with E-state index in [0.717, 1.165) is 28.9 Å². The molecule has 4 nitrogen and oxygen atoms in total. The van der Waals surface area contributed by atoms with Crippen molar-refractivity contribution in [1.29, 1.82) is 0 Å². The van der Waals surface area contributed by atoms with Gasteiger partial charge in [0.05, 0.1) is 3.57 Å². The maximum atomic E-state index is 5.66. The van der Waals surface area contributed by atoms with E-state index >= 15 is 0 Å². The molecule has 0 aliphatic heterocycles. The molecule has 1 heterocycles. The number of nitrogens with two attached hydrogens (primary N) is 1. The first-order chi connectivity index (χ1) is 8.83. The highest BCUT2D eigenvalue weighted by molar-refractivity contribution is 14.1. The molecule has 1 aromatic rings. The molecule has 1 aliphatic rings. The maximum Gasteiger partial charge on any atom is 0.145 e. The molecular weight excluding hydrogens is 339 g/mol. The lowest BCUT2D eigenvalue weighted by molar-refractivity contribution is 0.410. The van der Waals surface area contributed by atoms with Gasteiger partial charge < -0.3 is 10.6 Å². The van der Waals surface area contributed by atoms with Gasteiger partial charge in [-0.15, -0.1) is 0 Å². The summed E-state index contributed by atoms with van der Waals surface area (Å²) in [5.41, 5.74) is 5.66. The number of rotatable bonds is 5. The highest BCUT2D eigenvalue weighted by Gasteiger charge is 2.23. The molecule has 0 radical (unpaired) electrons. The Bertz CT molecular complexity index is 366. The van der Waals surface area contributed by atoms with Crippen LogP contribution < -0.4 is 10.6 Å². The minimum absolute atomic E-state index is 0.633. The Hall–Kier alpha value is -0.430. The lowest BCUT2D eigenvalue weighted by Gasteiger charge is -2.35. The van der Waals surface area contributed by atoms with Gasteiger partial charge in [-0.2, -0.15) is 0 Å². The molecule has 1 aliphatic carbocycles. The van der Waals surface area contributed by atoms with E-state index in [-0.39, 0.29) is 0 Å². The Kier molecular flexibility index (Phi) is 5.62. The van der Waals surface area contributed by atoms with Crippen molar-refractivity contribution in [2.45, 2.75) is 44.6 Å². The minimum Gasteiger partial charge on any atom is -0.353 e. The first-order valence-corrected chi connectivity index (χ1v) is 7.83. The SMILES string of the molecule is NCCCN(c1ncncc1I)C1CCCCC1. The van der Waals surface area contributed by atoms with Gasteiger partial charge in [0.15, 0.2) is 0 Å². The van der Waals surface area contributed by atoms with Crippen LogP contribution >= 0.6 is 22.6 Å². The number of anilines is 1. The van der Waals surface area contributed by atoms with E-state index in [0.29, 0.717) is 6.04 Å². The summed E-state index contributed by atoms with van der Waals surface area (Å²) in [5.74, 6) is 1.09.